The lowest BCUT2D eigenvalue weighted by atomic mass is 10.0. The van der Waals surface area contributed by atoms with E-state index in [0.717, 1.165) is 49.5 Å². The van der Waals surface area contributed by atoms with Crippen molar-refractivity contribution < 1.29 is 13.9 Å². The van der Waals surface area contributed by atoms with E-state index in [1.165, 1.54) is 11.1 Å². The number of likely N-dealkylation sites (tertiary alicyclic amines) is 1. The van der Waals surface area contributed by atoms with Gasteiger partial charge in [-0.2, -0.15) is 0 Å². The van der Waals surface area contributed by atoms with E-state index in [4.69, 9.17) is 9.15 Å². The molecule has 1 fully saturated rings. The van der Waals surface area contributed by atoms with Gasteiger partial charge in [-0.15, -0.1) is 0 Å². The Balaban J connectivity index is 1.20. The number of amides is 1. The second kappa shape index (κ2) is 10.5. The number of aromatic nitrogens is 1. The fraction of sp³-hybridized carbons (Fsp3) is 0.385. The Morgan fingerprint density at radius 1 is 1.16 bits per heavy atom. The fourth-order valence-corrected chi connectivity index (χ4v) is 4.11. The lowest BCUT2D eigenvalue weighted by Crippen LogP contribution is -2.44. The maximum Gasteiger partial charge on any atom is 0.220 e. The van der Waals surface area contributed by atoms with Crippen molar-refractivity contribution in [1.29, 1.82) is 0 Å². The normalized spacial score (nSPS) is 14.9. The molecule has 6 heteroatoms. The summed E-state index contributed by atoms with van der Waals surface area (Å²) in [6.07, 6.45) is 4.53. The number of nitrogens with zero attached hydrogens (tertiary/aromatic N) is 2. The molecule has 1 N–H and O–H groups in total. The number of benzene rings is 2. The van der Waals surface area contributed by atoms with Gasteiger partial charge >= 0.3 is 0 Å². The summed E-state index contributed by atoms with van der Waals surface area (Å²) in [6, 6.07) is 16.5. The molecule has 0 atom stereocenters. The molecule has 1 amide bonds. The molecule has 2 aromatic carbocycles. The highest BCUT2D eigenvalue weighted by molar-refractivity contribution is 5.76. The monoisotopic (exact) mass is 433 g/mol. The number of aryl methyl sites for hydroxylation is 2. The van der Waals surface area contributed by atoms with Crippen molar-refractivity contribution in [3.8, 4) is 17.1 Å². The Morgan fingerprint density at radius 3 is 2.66 bits per heavy atom. The Hall–Kier alpha value is -3.12. The van der Waals surface area contributed by atoms with Gasteiger partial charge in [0.05, 0.1) is 13.3 Å². The van der Waals surface area contributed by atoms with Gasteiger partial charge in [0.25, 0.3) is 0 Å². The minimum atomic E-state index is 0.0586. The summed E-state index contributed by atoms with van der Waals surface area (Å²) >= 11 is 0. The van der Waals surface area contributed by atoms with Crippen LogP contribution in [0.3, 0.4) is 0 Å². The number of hydrogen-bond acceptors (Lipinski definition) is 5. The van der Waals surface area contributed by atoms with Crippen LogP contribution < -0.4 is 10.1 Å². The zero-order valence-corrected chi connectivity index (χ0v) is 18.8. The molecule has 32 heavy (non-hydrogen) atoms. The molecule has 1 saturated heterocycles. The van der Waals surface area contributed by atoms with Crippen molar-refractivity contribution in [3.05, 3.63) is 71.7 Å². The van der Waals surface area contributed by atoms with Crippen molar-refractivity contribution >= 4 is 5.91 Å². The molecule has 168 valence electrons. The van der Waals surface area contributed by atoms with Crippen LogP contribution in [0.2, 0.25) is 0 Å². The number of para-hydroxylation sites is 1. The highest BCUT2D eigenvalue weighted by atomic mass is 16.5. The number of oxazole rings is 1. The SMILES string of the molecule is COc1ccccc1CN1CCC(NC(=O)CCc2ncc(-c3ccc(C)cc3)o2)CC1. The van der Waals surface area contributed by atoms with E-state index in [-0.39, 0.29) is 11.9 Å². The maximum atomic E-state index is 12.4. The van der Waals surface area contributed by atoms with E-state index < -0.39 is 0 Å². The zero-order valence-electron chi connectivity index (χ0n) is 18.8. The number of methoxy groups -OCH3 is 1. The van der Waals surface area contributed by atoms with E-state index in [2.05, 4.69) is 28.2 Å². The van der Waals surface area contributed by atoms with E-state index in [1.54, 1.807) is 13.3 Å². The van der Waals surface area contributed by atoms with Crippen LogP contribution >= 0.6 is 0 Å². The first kappa shape index (κ1) is 22.1. The van der Waals surface area contributed by atoms with Crippen LogP contribution in [0.4, 0.5) is 0 Å². The third-order valence-corrected chi connectivity index (χ3v) is 5.99. The minimum absolute atomic E-state index is 0.0586. The first-order valence-corrected chi connectivity index (χ1v) is 11.3. The Kier molecular flexibility index (Phi) is 7.22. The first-order valence-electron chi connectivity index (χ1n) is 11.3. The van der Waals surface area contributed by atoms with Crippen LogP contribution in [0.1, 0.15) is 36.3 Å². The molecule has 0 aliphatic carbocycles. The van der Waals surface area contributed by atoms with Crippen LogP contribution in [0, 0.1) is 6.92 Å². The summed E-state index contributed by atoms with van der Waals surface area (Å²) in [6.45, 7) is 4.85. The number of carbonyl (C=O) groups excluding carboxylic acids is 1. The van der Waals surface area contributed by atoms with Gasteiger partial charge in [-0.1, -0.05) is 48.0 Å². The minimum Gasteiger partial charge on any atom is -0.496 e. The number of carbonyl (C=O) groups is 1. The largest absolute Gasteiger partial charge is 0.496 e. The lowest BCUT2D eigenvalue weighted by molar-refractivity contribution is -0.122. The van der Waals surface area contributed by atoms with E-state index in [1.807, 2.05) is 42.5 Å². The van der Waals surface area contributed by atoms with Crippen molar-refractivity contribution in [2.45, 2.75) is 45.2 Å². The standard InChI is InChI=1S/C26H31N3O3/c1-19-7-9-20(10-8-19)24-17-27-26(32-24)12-11-25(30)28-22-13-15-29(16-14-22)18-21-5-3-4-6-23(21)31-2/h3-10,17,22H,11-16,18H2,1-2H3,(H,28,30). The van der Waals surface area contributed by atoms with Crippen LogP contribution in [0.5, 0.6) is 5.75 Å². The van der Waals surface area contributed by atoms with Crippen LogP contribution in [-0.4, -0.2) is 42.0 Å². The highest BCUT2D eigenvalue weighted by Crippen LogP contribution is 2.23. The molecule has 0 unspecified atom stereocenters. The van der Waals surface area contributed by atoms with Crippen LogP contribution in [0.15, 0.2) is 59.1 Å². The molecule has 0 saturated carbocycles. The average molecular weight is 434 g/mol. The Labute approximate surface area is 189 Å². The number of piperidine rings is 1. The van der Waals surface area contributed by atoms with Gasteiger partial charge in [-0.3, -0.25) is 9.69 Å². The second-order valence-electron chi connectivity index (χ2n) is 8.41. The first-order chi connectivity index (χ1) is 15.6. The van der Waals surface area contributed by atoms with Crippen molar-refractivity contribution in [2.75, 3.05) is 20.2 Å². The molecular formula is C26H31N3O3. The summed E-state index contributed by atoms with van der Waals surface area (Å²) in [4.78, 5) is 19.2. The van der Waals surface area contributed by atoms with E-state index in [9.17, 15) is 4.79 Å². The summed E-state index contributed by atoms with van der Waals surface area (Å²) in [5, 5.41) is 3.18. The van der Waals surface area contributed by atoms with Gasteiger partial charge in [0.15, 0.2) is 11.7 Å². The highest BCUT2D eigenvalue weighted by Gasteiger charge is 2.21. The topological polar surface area (TPSA) is 67.6 Å². The number of nitrogens with one attached hydrogen (secondary N) is 1. The third-order valence-electron chi connectivity index (χ3n) is 5.99. The predicted octanol–water partition coefficient (Wildman–Crippen LogP) is 4.37. The Morgan fingerprint density at radius 2 is 1.91 bits per heavy atom. The number of hydrogen-bond donors (Lipinski definition) is 1. The molecule has 3 aromatic rings. The van der Waals surface area contributed by atoms with Gasteiger partial charge in [-0.05, 0) is 25.8 Å². The quantitative estimate of drug-likeness (QED) is 0.571. The van der Waals surface area contributed by atoms with Gasteiger partial charge in [0.2, 0.25) is 5.91 Å². The molecule has 0 spiro atoms. The van der Waals surface area contributed by atoms with Crippen molar-refractivity contribution in [1.82, 2.24) is 15.2 Å². The summed E-state index contributed by atoms with van der Waals surface area (Å²) < 4.78 is 11.3. The van der Waals surface area contributed by atoms with Gasteiger partial charge in [0, 0.05) is 49.6 Å². The van der Waals surface area contributed by atoms with Crippen molar-refractivity contribution in [3.63, 3.8) is 0 Å². The predicted molar refractivity (Wildman–Crippen MR) is 124 cm³/mol. The lowest BCUT2D eigenvalue weighted by Gasteiger charge is -2.32. The molecule has 1 aliphatic rings. The molecule has 6 nitrogen and oxygen atoms in total. The molecule has 0 bridgehead atoms. The maximum absolute atomic E-state index is 12.4. The third kappa shape index (κ3) is 5.77. The van der Waals surface area contributed by atoms with Crippen molar-refractivity contribution in [2.24, 2.45) is 0 Å². The van der Waals surface area contributed by atoms with Gasteiger partial charge < -0.3 is 14.5 Å². The number of rotatable bonds is 8. The molecule has 0 radical (unpaired) electrons. The summed E-state index contributed by atoms with van der Waals surface area (Å²) in [7, 11) is 1.71. The fourth-order valence-electron chi connectivity index (χ4n) is 4.11. The molecule has 1 aliphatic heterocycles. The average Bonchev–Trinajstić information content (AvgIpc) is 3.29. The smallest absolute Gasteiger partial charge is 0.220 e. The zero-order chi connectivity index (χ0) is 22.3. The molecule has 4 rings (SSSR count). The van der Waals surface area contributed by atoms with E-state index in [0.29, 0.717) is 18.7 Å². The van der Waals surface area contributed by atoms with Gasteiger partial charge in [0.1, 0.15) is 5.75 Å². The molecular weight excluding hydrogens is 402 g/mol. The Bertz CT molecular complexity index is 1020. The van der Waals surface area contributed by atoms with Gasteiger partial charge in [-0.25, -0.2) is 4.98 Å². The molecule has 2 heterocycles. The summed E-state index contributed by atoms with van der Waals surface area (Å²) in [5.41, 5.74) is 3.41. The van der Waals surface area contributed by atoms with Crippen LogP contribution in [0.25, 0.3) is 11.3 Å². The van der Waals surface area contributed by atoms with E-state index >= 15 is 0 Å². The second-order valence-corrected chi connectivity index (χ2v) is 8.41. The number of ether oxygens (including phenoxy) is 1. The summed E-state index contributed by atoms with van der Waals surface area (Å²) in [5.74, 6) is 2.33. The molecule has 1 aromatic heterocycles. The van der Waals surface area contributed by atoms with Crippen LogP contribution in [-0.2, 0) is 17.8 Å².